The van der Waals surface area contributed by atoms with Crippen molar-refractivity contribution < 1.29 is 14.4 Å². The van der Waals surface area contributed by atoms with Crippen molar-refractivity contribution in [3.05, 3.63) is 64.0 Å². The van der Waals surface area contributed by atoms with E-state index < -0.39 is 5.91 Å². The molecule has 3 amide bonds. The molecule has 0 aliphatic carbocycles. The van der Waals surface area contributed by atoms with Crippen LogP contribution in [-0.2, 0) is 7.05 Å². The molecule has 0 N–H and O–H groups in total. The maximum Gasteiger partial charge on any atom is 0.279 e. The minimum atomic E-state index is -0.434. The van der Waals surface area contributed by atoms with E-state index in [1.165, 1.54) is 22.3 Å². The number of amides is 3. The molecule has 2 heterocycles. The van der Waals surface area contributed by atoms with Crippen LogP contribution >= 0.6 is 11.3 Å². The van der Waals surface area contributed by atoms with E-state index in [1.807, 2.05) is 49.7 Å². The Morgan fingerprint density at radius 1 is 1.07 bits per heavy atom. The lowest BCUT2D eigenvalue weighted by molar-refractivity contribution is 0.0647. The zero-order valence-corrected chi connectivity index (χ0v) is 17.3. The molecule has 0 atom stereocenters. The summed E-state index contributed by atoms with van der Waals surface area (Å²) in [4.78, 5) is 44.1. The number of aryl methyl sites for hydroxylation is 1. The highest BCUT2D eigenvalue weighted by Crippen LogP contribution is 2.25. The number of aromatic nitrogens is 1. The van der Waals surface area contributed by atoms with E-state index in [9.17, 15) is 14.4 Å². The van der Waals surface area contributed by atoms with Crippen molar-refractivity contribution in [2.75, 3.05) is 6.54 Å². The molecule has 0 bridgehead atoms. The minimum Gasteiger partial charge on any atom is -0.319 e. The van der Waals surface area contributed by atoms with Crippen molar-refractivity contribution in [1.29, 1.82) is 0 Å². The molecule has 29 heavy (non-hydrogen) atoms. The van der Waals surface area contributed by atoms with E-state index >= 15 is 0 Å². The van der Waals surface area contributed by atoms with Gasteiger partial charge >= 0.3 is 0 Å². The number of nitrogens with zero attached hydrogens (tertiary/aromatic N) is 3. The Morgan fingerprint density at radius 3 is 2.52 bits per heavy atom. The molecule has 1 aliphatic heterocycles. The van der Waals surface area contributed by atoms with Gasteiger partial charge in [0.05, 0.1) is 21.3 Å². The molecule has 0 fully saturated rings. The zero-order chi connectivity index (χ0) is 20.7. The van der Waals surface area contributed by atoms with E-state index in [1.54, 1.807) is 12.1 Å². The molecule has 0 saturated heterocycles. The minimum absolute atomic E-state index is 0.278. The van der Waals surface area contributed by atoms with Gasteiger partial charge in [0.15, 0.2) is 4.80 Å². The molecular weight excluding hydrogens is 386 g/mol. The zero-order valence-electron chi connectivity index (χ0n) is 16.5. The standard InChI is InChI=1S/C22H21N3O3S/c1-13(2)10-11-25-20(27)15-9-8-14(12-16(15)21(25)28)19(26)23-22-24(3)17-6-4-5-7-18(17)29-22/h4-9,12-13H,10-11H2,1-3H3. The number of rotatable bonds is 4. The highest BCUT2D eigenvalue weighted by Gasteiger charge is 2.35. The maximum absolute atomic E-state index is 12.7. The molecule has 0 saturated carbocycles. The van der Waals surface area contributed by atoms with Crippen LogP contribution < -0.4 is 4.80 Å². The van der Waals surface area contributed by atoms with Crippen LogP contribution in [0, 0.1) is 5.92 Å². The lowest BCUT2D eigenvalue weighted by atomic mass is 10.1. The SMILES string of the molecule is CC(C)CCN1C(=O)c2ccc(C(=O)N=c3sc4ccccc4n3C)cc2C1=O. The monoisotopic (exact) mass is 407 g/mol. The van der Waals surface area contributed by atoms with Gasteiger partial charge in [-0.25, -0.2) is 0 Å². The van der Waals surface area contributed by atoms with E-state index in [-0.39, 0.29) is 17.4 Å². The first-order chi connectivity index (χ1) is 13.9. The Morgan fingerprint density at radius 2 is 1.79 bits per heavy atom. The number of fused-ring (bicyclic) bond motifs is 2. The molecule has 4 rings (SSSR count). The van der Waals surface area contributed by atoms with Gasteiger partial charge in [-0.15, -0.1) is 0 Å². The van der Waals surface area contributed by atoms with Gasteiger partial charge in [0, 0.05) is 19.2 Å². The number of hydrogen-bond donors (Lipinski definition) is 0. The lowest BCUT2D eigenvalue weighted by Crippen LogP contribution is -2.31. The van der Waals surface area contributed by atoms with Crippen LogP contribution in [0.2, 0.25) is 0 Å². The quantitative estimate of drug-likeness (QED) is 0.620. The molecule has 3 aromatic rings. The summed E-state index contributed by atoms with van der Waals surface area (Å²) in [7, 11) is 1.86. The van der Waals surface area contributed by atoms with Gasteiger partial charge in [-0.05, 0) is 42.7 Å². The first-order valence-corrected chi connectivity index (χ1v) is 10.3. The third-order valence-electron chi connectivity index (χ3n) is 5.06. The molecule has 0 unspecified atom stereocenters. The van der Waals surface area contributed by atoms with Gasteiger partial charge in [-0.2, -0.15) is 4.99 Å². The molecule has 0 spiro atoms. The Hall–Kier alpha value is -3.06. The van der Waals surface area contributed by atoms with Crippen molar-refractivity contribution in [1.82, 2.24) is 9.47 Å². The topological polar surface area (TPSA) is 71.7 Å². The summed E-state index contributed by atoms with van der Waals surface area (Å²) < 4.78 is 2.91. The highest BCUT2D eigenvalue weighted by atomic mass is 32.1. The van der Waals surface area contributed by atoms with Gasteiger partial charge < -0.3 is 4.57 Å². The Labute approximate surface area is 172 Å². The lowest BCUT2D eigenvalue weighted by Gasteiger charge is -2.14. The Balaban J connectivity index is 1.66. The number of benzene rings is 2. The fraction of sp³-hybridized carbons (Fsp3) is 0.273. The maximum atomic E-state index is 12.7. The summed E-state index contributed by atoms with van der Waals surface area (Å²) in [6.07, 6.45) is 0.745. The van der Waals surface area contributed by atoms with Crippen LogP contribution in [0.25, 0.3) is 10.2 Å². The van der Waals surface area contributed by atoms with E-state index in [4.69, 9.17) is 0 Å². The van der Waals surface area contributed by atoms with E-state index in [0.717, 1.165) is 16.6 Å². The third-order valence-corrected chi connectivity index (χ3v) is 6.17. The number of carbonyl (C=O) groups excluding carboxylic acids is 3. The highest BCUT2D eigenvalue weighted by molar-refractivity contribution is 7.16. The first kappa shape index (κ1) is 19.3. The predicted molar refractivity (Wildman–Crippen MR) is 112 cm³/mol. The van der Waals surface area contributed by atoms with Crippen LogP contribution in [0.5, 0.6) is 0 Å². The average Bonchev–Trinajstić information content (AvgIpc) is 3.14. The van der Waals surface area contributed by atoms with Crippen LogP contribution in [0.1, 0.15) is 51.3 Å². The van der Waals surface area contributed by atoms with Gasteiger partial charge in [0.25, 0.3) is 17.7 Å². The molecule has 6 nitrogen and oxygen atoms in total. The molecule has 1 aliphatic rings. The molecule has 0 radical (unpaired) electrons. The van der Waals surface area contributed by atoms with Gasteiger partial charge in [-0.1, -0.05) is 37.3 Å². The number of para-hydroxylation sites is 1. The smallest absolute Gasteiger partial charge is 0.279 e. The summed E-state index contributed by atoms with van der Waals surface area (Å²) in [6.45, 7) is 4.48. The second-order valence-corrected chi connectivity index (χ2v) is 8.54. The number of imide groups is 1. The van der Waals surface area contributed by atoms with Crippen molar-refractivity contribution in [2.45, 2.75) is 20.3 Å². The molecular formula is C22H21N3O3S. The summed E-state index contributed by atoms with van der Waals surface area (Å²) >= 11 is 1.43. The van der Waals surface area contributed by atoms with Crippen LogP contribution in [-0.4, -0.2) is 33.7 Å². The Bertz CT molecular complexity index is 1220. The van der Waals surface area contributed by atoms with Crippen LogP contribution in [0.3, 0.4) is 0 Å². The second kappa shape index (κ2) is 7.40. The fourth-order valence-corrected chi connectivity index (χ4v) is 4.37. The van der Waals surface area contributed by atoms with Gasteiger partial charge in [0.2, 0.25) is 0 Å². The van der Waals surface area contributed by atoms with E-state index in [2.05, 4.69) is 4.99 Å². The van der Waals surface area contributed by atoms with Crippen LogP contribution in [0.15, 0.2) is 47.5 Å². The Kier molecular flexibility index (Phi) is 4.92. The predicted octanol–water partition coefficient (Wildman–Crippen LogP) is 3.62. The number of carbonyl (C=O) groups is 3. The number of hydrogen-bond acceptors (Lipinski definition) is 4. The van der Waals surface area contributed by atoms with Crippen molar-refractivity contribution in [3.8, 4) is 0 Å². The normalized spacial score (nSPS) is 14.3. The third kappa shape index (κ3) is 3.42. The fourth-order valence-electron chi connectivity index (χ4n) is 3.35. The molecule has 2 aromatic carbocycles. The summed E-state index contributed by atoms with van der Waals surface area (Å²) in [6, 6.07) is 12.4. The molecule has 7 heteroatoms. The summed E-state index contributed by atoms with van der Waals surface area (Å²) in [5.74, 6) is -0.682. The van der Waals surface area contributed by atoms with E-state index in [0.29, 0.717) is 28.4 Å². The number of thiazole rings is 1. The summed E-state index contributed by atoms with van der Waals surface area (Å²) in [5, 5.41) is 0. The largest absolute Gasteiger partial charge is 0.319 e. The van der Waals surface area contributed by atoms with Gasteiger partial charge in [0.1, 0.15) is 0 Å². The second-order valence-electron chi connectivity index (χ2n) is 7.53. The molecule has 148 valence electrons. The molecule has 1 aromatic heterocycles. The average molecular weight is 407 g/mol. The van der Waals surface area contributed by atoms with Crippen molar-refractivity contribution >= 4 is 39.3 Å². The van der Waals surface area contributed by atoms with Crippen molar-refractivity contribution in [2.24, 2.45) is 18.0 Å². The first-order valence-electron chi connectivity index (χ1n) is 9.50. The van der Waals surface area contributed by atoms with Crippen molar-refractivity contribution in [3.63, 3.8) is 0 Å². The summed E-state index contributed by atoms with van der Waals surface area (Å²) in [5.41, 5.74) is 1.93. The van der Waals surface area contributed by atoms with Gasteiger partial charge in [-0.3, -0.25) is 19.3 Å². The van der Waals surface area contributed by atoms with Crippen LogP contribution in [0.4, 0.5) is 0 Å².